The Morgan fingerprint density at radius 2 is 1.79 bits per heavy atom. The molecule has 110 valence electrons. The molecule has 0 aliphatic carbocycles. The van der Waals surface area contributed by atoms with Gasteiger partial charge in [-0.25, -0.2) is 0 Å². The standard InChI is InChI=1S/C12H23N3O4/c1-2-19-12(18)9-15-10(16)6-4-3-5-7-14-11(17)8-13/h2-9,13H2,1H3,(H,14,17)(H,15,16). The monoisotopic (exact) mass is 273 g/mol. The number of ether oxygens (including phenoxy) is 1. The molecule has 7 heteroatoms. The van der Waals surface area contributed by atoms with Crippen LogP contribution >= 0.6 is 0 Å². The van der Waals surface area contributed by atoms with Crippen molar-refractivity contribution in [1.29, 1.82) is 0 Å². The van der Waals surface area contributed by atoms with Crippen molar-refractivity contribution in [2.75, 3.05) is 26.2 Å². The molecule has 0 rings (SSSR count). The fourth-order valence-corrected chi connectivity index (χ4v) is 1.36. The molecule has 2 amide bonds. The minimum Gasteiger partial charge on any atom is -0.465 e. The van der Waals surface area contributed by atoms with E-state index in [0.717, 1.165) is 12.8 Å². The highest BCUT2D eigenvalue weighted by Crippen LogP contribution is 1.98. The van der Waals surface area contributed by atoms with Crippen LogP contribution in [0.4, 0.5) is 0 Å². The number of unbranched alkanes of at least 4 members (excludes halogenated alkanes) is 2. The molecule has 0 atom stereocenters. The number of carbonyl (C=O) groups is 3. The van der Waals surface area contributed by atoms with Crippen molar-refractivity contribution in [3.63, 3.8) is 0 Å². The van der Waals surface area contributed by atoms with Crippen LogP contribution in [0.2, 0.25) is 0 Å². The lowest BCUT2D eigenvalue weighted by Gasteiger charge is -2.05. The minimum absolute atomic E-state index is 0.00370. The van der Waals surface area contributed by atoms with Crippen LogP contribution in [0.5, 0.6) is 0 Å². The van der Waals surface area contributed by atoms with E-state index < -0.39 is 5.97 Å². The first-order valence-electron chi connectivity index (χ1n) is 6.49. The summed E-state index contributed by atoms with van der Waals surface area (Å²) in [6, 6.07) is 0. The van der Waals surface area contributed by atoms with Gasteiger partial charge >= 0.3 is 5.97 Å². The first-order chi connectivity index (χ1) is 9.10. The van der Waals surface area contributed by atoms with Crippen molar-refractivity contribution in [2.45, 2.75) is 32.6 Å². The summed E-state index contributed by atoms with van der Waals surface area (Å²) in [5.74, 6) is -0.772. The molecule has 7 nitrogen and oxygen atoms in total. The van der Waals surface area contributed by atoms with Gasteiger partial charge in [0, 0.05) is 13.0 Å². The SMILES string of the molecule is CCOC(=O)CNC(=O)CCCCCNC(=O)CN. The summed E-state index contributed by atoms with van der Waals surface area (Å²) in [7, 11) is 0. The van der Waals surface area contributed by atoms with E-state index in [-0.39, 0.29) is 24.9 Å². The summed E-state index contributed by atoms with van der Waals surface area (Å²) in [5.41, 5.74) is 5.13. The Labute approximate surface area is 113 Å². The Morgan fingerprint density at radius 1 is 1.05 bits per heavy atom. The Kier molecular flexibility index (Phi) is 10.5. The number of nitrogens with two attached hydrogens (primary N) is 1. The van der Waals surface area contributed by atoms with Gasteiger partial charge in [-0.15, -0.1) is 0 Å². The molecule has 0 saturated heterocycles. The Balaban J connectivity index is 3.39. The van der Waals surface area contributed by atoms with Gasteiger partial charge in [0.05, 0.1) is 13.2 Å². The molecule has 0 bridgehead atoms. The summed E-state index contributed by atoms with van der Waals surface area (Å²) in [5, 5.41) is 5.13. The molecule has 0 aromatic carbocycles. The van der Waals surface area contributed by atoms with E-state index >= 15 is 0 Å². The molecule has 0 aromatic heterocycles. The summed E-state index contributed by atoms with van der Waals surface area (Å²) in [4.78, 5) is 33.1. The fraction of sp³-hybridized carbons (Fsp3) is 0.750. The van der Waals surface area contributed by atoms with Crippen LogP contribution in [0.25, 0.3) is 0 Å². The molecule has 0 unspecified atom stereocenters. The number of hydrogen-bond acceptors (Lipinski definition) is 5. The molecule has 4 N–H and O–H groups in total. The quantitative estimate of drug-likeness (QED) is 0.360. The topological polar surface area (TPSA) is 111 Å². The van der Waals surface area contributed by atoms with Gasteiger partial charge in [0.15, 0.2) is 0 Å². The predicted octanol–water partition coefficient (Wildman–Crippen LogP) is -0.699. The van der Waals surface area contributed by atoms with Crippen molar-refractivity contribution >= 4 is 17.8 Å². The molecule has 0 radical (unpaired) electrons. The van der Waals surface area contributed by atoms with Crippen LogP contribution in [0.1, 0.15) is 32.6 Å². The Hall–Kier alpha value is -1.63. The summed E-state index contributed by atoms with van der Waals surface area (Å²) in [6.07, 6.45) is 2.71. The maximum absolute atomic E-state index is 11.3. The van der Waals surface area contributed by atoms with Crippen LogP contribution < -0.4 is 16.4 Å². The second-order valence-electron chi connectivity index (χ2n) is 3.95. The maximum Gasteiger partial charge on any atom is 0.325 e. The Morgan fingerprint density at radius 3 is 2.42 bits per heavy atom. The van der Waals surface area contributed by atoms with E-state index in [4.69, 9.17) is 5.73 Å². The number of rotatable bonds is 10. The summed E-state index contributed by atoms with van der Waals surface area (Å²) < 4.78 is 4.68. The third kappa shape index (κ3) is 11.2. The van der Waals surface area contributed by atoms with Gasteiger partial charge in [-0.3, -0.25) is 14.4 Å². The first-order valence-corrected chi connectivity index (χ1v) is 6.49. The number of carbonyl (C=O) groups excluding carboxylic acids is 3. The molecule has 0 aliphatic heterocycles. The average molecular weight is 273 g/mol. The van der Waals surface area contributed by atoms with Gasteiger partial charge in [-0.1, -0.05) is 6.42 Å². The summed E-state index contributed by atoms with van der Waals surface area (Å²) >= 11 is 0. The number of nitrogens with one attached hydrogen (secondary N) is 2. The van der Waals surface area contributed by atoms with Crippen molar-refractivity contribution < 1.29 is 19.1 Å². The predicted molar refractivity (Wildman–Crippen MR) is 70.2 cm³/mol. The van der Waals surface area contributed by atoms with Crippen LogP contribution in [0.3, 0.4) is 0 Å². The van der Waals surface area contributed by atoms with Crippen LogP contribution in [-0.2, 0) is 19.1 Å². The summed E-state index contributed by atoms with van der Waals surface area (Å²) in [6.45, 7) is 2.50. The van der Waals surface area contributed by atoms with E-state index in [0.29, 0.717) is 26.0 Å². The third-order valence-corrected chi connectivity index (χ3v) is 2.32. The molecule has 0 fully saturated rings. The normalized spacial score (nSPS) is 9.79. The second-order valence-corrected chi connectivity index (χ2v) is 3.95. The smallest absolute Gasteiger partial charge is 0.325 e. The minimum atomic E-state index is -0.430. The van der Waals surface area contributed by atoms with Gasteiger partial charge in [-0.2, -0.15) is 0 Å². The fourth-order valence-electron chi connectivity index (χ4n) is 1.36. The van der Waals surface area contributed by atoms with Crippen molar-refractivity contribution in [3.8, 4) is 0 Å². The molecular formula is C12H23N3O4. The van der Waals surface area contributed by atoms with Crippen molar-refractivity contribution in [1.82, 2.24) is 10.6 Å². The molecular weight excluding hydrogens is 250 g/mol. The average Bonchev–Trinajstić information content (AvgIpc) is 2.40. The molecule has 19 heavy (non-hydrogen) atoms. The van der Waals surface area contributed by atoms with E-state index in [1.807, 2.05) is 0 Å². The van der Waals surface area contributed by atoms with E-state index in [1.165, 1.54) is 0 Å². The zero-order valence-electron chi connectivity index (χ0n) is 11.4. The molecule has 0 aliphatic rings. The number of esters is 1. The van der Waals surface area contributed by atoms with E-state index in [1.54, 1.807) is 6.92 Å². The maximum atomic E-state index is 11.3. The molecule has 0 heterocycles. The zero-order chi connectivity index (χ0) is 14.5. The zero-order valence-corrected chi connectivity index (χ0v) is 11.4. The van der Waals surface area contributed by atoms with Gasteiger partial charge in [0.25, 0.3) is 0 Å². The largest absolute Gasteiger partial charge is 0.465 e. The molecule has 0 spiro atoms. The van der Waals surface area contributed by atoms with Crippen LogP contribution in [0.15, 0.2) is 0 Å². The van der Waals surface area contributed by atoms with Crippen LogP contribution in [-0.4, -0.2) is 44.0 Å². The van der Waals surface area contributed by atoms with Gasteiger partial charge in [0.2, 0.25) is 11.8 Å². The molecule has 0 aromatic rings. The lowest BCUT2D eigenvalue weighted by Crippen LogP contribution is -2.31. The molecule has 0 saturated carbocycles. The highest BCUT2D eigenvalue weighted by molar-refractivity contribution is 5.81. The third-order valence-electron chi connectivity index (χ3n) is 2.32. The van der Waals surface area contributed by atoms with Crippen LogP contribution in [0, 0.1) is 0 Å². The van der Waals surface area contributed by atoms with E-state index in [9.17, 15) is 14.4 Å². The lowest BCUT2D eigenvalue weighted by molar-refractivity contribution is -0.143. The second kappa shape index (κ2) is 11.5. The van der Waals surface area contributed by atoms with Crippen molar-refractivity contribution in [3.05, 3.63) is 0 Å². The number of hydrogen-bond donors (Lipinski definition) is 3. The Bertz CT molecular complexity index is 295. The highest BCUT2D eigenvalue weighted by Gasteiger charge is 2.05. The van der Waals surface area contributed by atoms with Gasteiger partial charge in [-0.05, 0) is 19.8 Å². The number of amides is 2. The van der Waals surface area contributed by atoms with E-state index in [2.05, 4.69) is 15.4 Å². The lowest BCUT2D eigenvalue weighted by atomic mass is 10.2. The van der Waals surface area contributed by atoms with Crippen molar-refractivity contribution in [2.24, 2.45) is 5.73 Å². The van der Waals surface area contributed by atoms with Gasteiger partial charge in [0.1, 0.15) is 6.54 Å². The highest BCUT2D eigenvalue weighted by atomic mass is 16.5. The first kappa shape index (κ1) is 17.4. The van der Waals surface area contributed by atoms with Gasteiger partial charge < -0.3 is 21.1 Å².